The van der Waals surface area contributed by atoms with Crippen LogP contribution in [0.2, 0.25) is 0 Å². The van der Waals surface area contributed by atoms with E-state index in [2.05, 4.69) is 0 Å². The Morgan fingerprint density at radius 2 is 1.86 bits per heavy atom. The molecule has 0 bridgehead atoms. The van der Waals surface area contributed by atoms with E-state index >= 15 is 0 Å². The van der Waals surface area contributed by atoms with Gasteiger partial charge in [-0.1, -0.05) is 30.3 Å². The van der Waals surface area contributed by atoms with Gasteiger partial charge in [0.1, 0.15) is 6.10 Å². The third-order valence-electron chi connectivity index (χ3n) is 3.33. The van der Waals surface area contributed by atoms with E-state index in [4.69, 9.17) is 23.3 Å². The monoisotopic (exact) mass is 328 g/mol. The van der Waals surface area contributed by atoms with E-state index in [1.165, 1.54) is 21.3 Å². The summed E-state index contributed by atoms with van der Waals surface area (Å²) in [5.41, 5.74) is 1.05. The molecule has 7 heteroatoms. The molecule has 122 valence electrons. The van der Waals surface area contributed by atoms with Crippen LogP contribution < -0.4 is 0 Å². The summed E-state index contributed by atoms with van der Waals surface area (Å²) in [6, 6.07) is 9.79. The molecule has 0 spiro atoms. The van der Waals surface area contributed by atoms with Gasteiger partial charge in [-0.2, -0.15) is 0 Å². The van der Waals surface area contributed by atoms with Crippen molar-refractivity contribution in [1.82, 2.24) is 0 Å². The average molecular weight is 328 g/mol. The third kappa shape index (κ3) is 4.04. The molecule has 1 aliphatic heterocycles. The van der Waals surface area contributed by atoms with E-state index in [1.807, 2.05) is 30.3 Å². The van der Waals surface area contributed by atoms with Crippen LogP contribution in [0.15, 0.2) is 41.7 Å². The van der Waals surface area contributed by atoms with Gasteiger partial charge in [0.15, 0.2) is 6.29 Å². The number of hydrogen-bond donors (Lipinski definition) is 0. The van der Waals surface area contributed by atoms with Crippen molar-refractivity contribution >= 4 is 7.60 Å². The third-order valence-corrected chi connectivity index (χ3v) is 5.28. The van der Waals surface area contributed by atoms with Gasteiger partial charge in [-0.05, 0) is 11.6 Å². The maximum absolute atomic E-state index is 12.6. The zero-order chi connectivity index (χ0) is 16.0. The number of rotatable bonds is 7. The van der Waals surface area contributed by atoms with E-state index in [1.54, 1.807) is 6.08 Å². The van der Waals surface area contributed by atoms with Crippen LogP contribution >= 0.6 is 7.60 Å². The lowest BCUT2D eigenvalue weighted by molar-refractivity contribution is -0.131. The zero-order valence-electron chi connectivity index (χ0n) is 12.9. The Morgan fingerprint density at radius 3 is 2.45 bits per heavy atom. The highest BCUT2D eigenvalue weighted by atomic mass is 31.2. The van der Waals surface area contributed by atoms with Gasteiger partial charge in [0, 0.05) is 21.3 Å². The fraction of sp³-hybridized carbons (Fsp3) is 0.467. The van der Waals surface area contributed by atoms with E-state index in [0.29, 0.717) is 18.5 Å². The Morgan fingerprint density at radius 1 is 1.18 bits per heavy atom. The number of hydrogen-bond acceptors (Lipinski definition) is 6. The number of methoxy groups -OCH3 is 1. The molecule has 2 rings (SSSR count). The van der Waals surface area contributed by atoms with Crippen LogP contribution in [-0.4, -0.2) is 40.3 Å². The Kier molecular flexibility index (Phi) is 6.32. The minimum absolute atomic E-state index is 0.308. The van der Waals surface area contributed by atoms with Gasteiger partial charge in [-0.3, -0.25) is 4.57 Å². The fourth-order valence-electron chi connectivity index (χ4n) is 2.15. The average Bonchev–Trinajstić information content (AvgIpc) is 2.60. The molecule has 1 aromatic rings. The molecule has 0 unspecified atom stereocenters. The van der Waals surface area contributed by atoms with Crippen molar-refractivity contribution < 1.29 is 27.8 Å². The Labute approximate surface area is 130 Å². The maximum atomic E-state index is 12.6. The first-order valence-corrected chi connectivity index (χ1v) is 8.41. The van der Waals surface area contributed by atoms with Crippen molar-refractivity contribution in [3.05, 3.63) is 47.3 Å². The molecule has 22 heavy (non-hydrogen) atoms. The summed E-state index contributed by atoms with van der Waals surface area (Å²) in [5, 5.41) is 0.323. The molecule has 0 fully saturated rings. The van der Waals surface area contributed by atoms with Crippen molar-refractivity contribution in [3.8, 4) is 0 Å². The van der Waals surface area contributed by atoms with Gasteiger partial charge in [0.25, 0.3) is 0 Å². The van der Waals surface area contributed by atoms with Crippen LogP contribution in [0, 0.1) is 0 Å². The molecule has 1 heterocycles. The highest BCUT2D eigenvalue weighted by Crippen LogP contribution is 2.57. The van der Waals surface area contributed by atoms with Crippen molar-refractivity contribution in [2.45, 2.75) is 19.0 Å². The van der Waals surface area contributed by atoms with Gasteiger partial charge in [-0.15, -0.1) is 0 Å². The van der Waals surface area contributed by atoms with E-state index in [-0.39, 0.29) is 6.10 Å². The lowest BCUT2D eigenvalue weighted by Crippen LogP contribution is -2.32. The molecule has 1 aromatic carbocycles. The maximum Gasteiger partial charge on any atom is 0.361 e. The number of benzene rings is 1. The molecule has 0 saturated carbocycles. The first-order chi connectivity index (χ1) is 10.6. The minimum Gasteiger partial charge on any atom is -0.367 e. The van der Waals surface area contributed by atoms with Crippen LogP contribution in [0.1, 0.15) is 5.56 Å². The van der Waals surface area contributed by atoms with Gasteiger partial charge >= 0.3 is 7.60 Å². The smallest absolute Gasteiger partial charge is 0.361 e. The van der Waals surface area contributed by atoms with Gasteiger partial charge in [-0.25, -0.2) is 0 Å². The molecule has 0 radical (unpaired) electrons. The summed E-state index contributed by atoms with van der Waals surface area (Å²) < 4.78 is 39.1. The summed E-state index contributed by atoms with van der Waals surface area (Å²) in [4.78, 5) is 0. The van der Waals surface area contributed by atoms with E-state index < -0.39 is 13.9 Å². The van der Waals surface area contributed by atoms with E-state index in [9.17, 15) is 4.57 Å². The van der Waals surface area contributed by atoms with Crippen molar-refractivity contribution in [2.75, 3.05) is 27.9 Å². The largest absolute Gasteiger partial charge is 0.367 e. The van der Waals surface area contributed by atoms with Crippen molar-refractivity contribution in [1.29, 1.82) is 0 Å². The molecule has 0 saturated heterocycles. The molecule has 6 nitrogen and oxygen atoms in total. The Balaban J connectivity index is 2.11. The zero-order valence-corrected chi connectivity index (χ0v) is 13.8. The Bertz CT molecular complexity index is 536. The molecule has 0 aromatic heterocycles. The predicted octanol–water partition coefficient (Wildman–Crippen LogP) is 2.94. The summed E-state index contributed by atoms with van der Waals surface area (Å²) in [7, 11) is 0.692. The minimum atomic E-state index is -3.43. The fourth-order valence-corrected chi connectivity index (χ4v) is 3.51. The predicted molar refractivity (Wildman–Crippen MR) is 81.5 cm³/mol. The molecule has 0 amide bonds. The molecule has 0 aliphatic carbocycles. The van der Waals surface area contributed by atoms with Crippen molar-refractivity contribution in [3.63, 3.8) is 0 Å². The van der Waals surface area contributed by atoms with Gasteiger partial charge in [0.05, 0.1) is 18.5 Å². The Hall–Kier alpha value is -1.01. The van der Waals surface area contributed by atoms with Crippen LogP contribution in [0.3, 0.4) is 0 Å². The summed E-state index contributed by atoms with van der Waals surface area (Å²) in [6.07, 6.45) is 0.594. The van der Waals surface area contributed by atoms with Gasteiger partial charge < -0.3 is 23.3 Å². The molecular formula is C15H21O6P. The van der Waals surface area contributed by atoms with Crippen LogP contribution in [-0.2, 0) is 34.4 Å². The normalized spacial score (nSPS) is 22.4. The van der Waals surface area contributed by atoms with Crippen LogP contribution in [0.5, 0.6) is 0 Å². The quantitative estimate of drug-likeness (QED) is 0.717. The standard InChI is InChI=1S/C15H21O6P/c1-17-15-14(22(16,18-2)19-3)9-13(11-21-15)20-10-12-7-5-4-6-8-12/h4-9,13,15H,10-11H2,1-3H3/t13-,15+/m0/s1. The highest BCUT2D eigenvalue weighted by Gasteiger charge is 2.38. The molecule has 0 N–H and O–H groups in total. The van der Waals surface area contributed by atoms with Crippen molar-refractivity contribution in [2.24, 2.45) is 0 Å². The SMILES string of the molecule is CO[C@@H]1OC[C@@H](OCc2ccccc2)C=C1P(=O)(OC)OC. The highest BCUT2D eigenvalue weighted by molar-refractivity contribution is 7.58. The lowest BCUT2D eigenvalue weighted by Gasteiger charge is -2.30. The first-order valence-electron chi connectivity index (χ1n) is 6.86. The van der Waals surface area contributed by atoms with E-state index in [0.717, 1.165) is 5.56 Å². The number of ether oxygens (including phenoxy) is 3. The second-order valence-corrected chi connectivity index (χ2v) is 6.93. The van der Waals surface area contributed by atoms with Crippen LogP contribution in [0.4, 0.5) is 0 Å². The summed E-state index contributed by atoms with van der Waals surface area (Å²) in [5.74, 6) is 0. The lowest BCUT2D eigenvalue weighted by atomic mass is 10.2. The first kappa shape index (κ1) is 17.3. The molecular weight excluding hydrogens is 307 g/mol. The summed E-state index contributed by atoms with van der Waals surface area (Å²) >= 11 is 0. The topological polar surface area (TPSA) is 63.2 Å². The van der Waals surface area contributed by atoms with Crippen LogP contribution in [0.25, 0.3) is 0 Å². The molecule has 1 aliphatic rings. The van der Waals surface area contributed by atoms with Gasteiger partial charge in [0.2, 0.25) is 0 Å². The second kappa shape index (κ2) is 8.02. The summed E-state index contributed by atoms with van der Waals surface area (Å²) in [6.45, 7) is 0.739. The molecule has 2 atom stereocenters. The second-order valence-electron chi connectivity index (χ2n) is 4.69.